The van der Waals surface area contributed by atoms with Crippen LogP contribution in [0.2, 0.25) is 10.0 Å². The van der Waals surface area contributed by atoms with Gasteiger partial charge in [0.1, 0.15) is 18.3 Å². The second kappa shape index (κ2) is 13.0. The number of carbonyl (C=O) groups excluding carboxylic acids is 2. The Hall–Kier alpha value is -3.27. The number of benzene rings is 3. The Morgan fingerprint density at radius 1 is 0.974 bits per heavy atom. The highest BCUT2D eigenvalue weighted by Gasteiger charge is 2.33. The minimum atomic E-state index is -3.96. The predicted molar refractivity (Wildman–Crippen MR) is 150 cm³/mol. The molecule has 1 N–H and O–H groups in total. The van der Waals surface area contributed by atoms with Crippen LogP contribution >= 0.6 is 23.2 Å². The molecule has 2 amide bonds. The fourth-order valence-corrected chi connectivity index (χ4v) is 5.25. The predicted octanol–water partition coefficient (Wildman–Crippen LogP) is 4.15. The van der Waals surface area contributed by atoms with Gasteiger partial charge in [-0.1, -0.05) is 65.7 Å². The fraction of sp³-hybridized carbons (Fsp3) is 0.259. The second-order valence-electron chi connectivity index (χ2n) is 8.56. The van der Waals surface area contributed by atoms with E-state index in [-0.39, 0.29) is 28.7 Å². The number of nitrogens with one attached hydrogen (secondary N) is 1. The van der Waals surface area contributed by atoms with Crippen LogP contribution < -0.4 is 14.4 Å². The lowest BCUT2D eigenvalue weighted by Gasteiger charge is -2.33. The summed E-state index contributed by atoms with van der Waals surface area (Å²) in [5, 5.41) is 3.00. The van der Waals surface area contributed by atoms with Gasteiger partial charge in [0.2, 0.25) is 21.8 Å². The van der Waals surface area contributed by atoms with E-state index >= 15 is 0 Å². The molecule has 0 aliphatic heterocycles. The van der Waals surface area contributed by atoms with Crippen molar-refractivity contribution in [3.05, 3.63) is 94.0 Å². The van der Waals surface area contributed by atoms with Crippen molar-refractivity contribution in [2.75, 3.05) is 31.3 Å². The lowest BCUT2D eigenvalue weighted by Crippen LogP contribution is -2.52. The molecular formula is C27H29Cl2N3O5S. The van der Waals surface area contributed by atoms with Crippen LogP contribution in [0.15, 0.2) is 72.8 Å². The van der Waals surface area contributed by atoms with Crippen LogP contribution in [0.25, 0.3) is 0 Å². The monoisotopic (exact) mass is 577 g/mol. The zero-order chi connectivity index (χ0) is 27.9. The van der Waals surface area contributed by atoms with Gasteiger partial charge >= 0.3 is 0 Å². The van der Waals surface area contributed by atoms with E-state index in [1.54, 1.807) is 24.3 Å². The van der Waals surface area contributed by atoms with Gasteiger partial charge in [-0.15, -0.1) is 0 Å². The van der Waals surface area contributed by atoms with Gasteiger partial charge in [0.25, 0.3) is 0 Å². The molecule has 3 aromatic carbocycles. The summed E-state index contributed by atoms with van der Waals surface area (Å²) in [7, 11) is -0.937. The third kappa shape index (κ3) is 7.63. The summed E-state index contributed by atoms with van der Waals surface area (Å²) < 4.78 is 31.8. The number of halogens is 2. The Labute approximate surface area is 233 Å². The first-order valence-electron chi connectivity index (χ1n) is 11.6. The number of ether oxygens (including phenoxy) is 1. The molecule has 0 saturated carbocycles. The van der Waals surface area contributed by atoms with Crippen LogP contribution in [0.3, 0.4) is 0 Å². The zero-order valence-corrected chi connectivity index (χ0v) is 23.6. The molecule has 0 fully saturated rings. The number of likely N-dealkylation sites (N-methyl/N-ethyl adjacent to an activating group) is 1. The molecule has 202 valence electrons. The van der Waals surface area contributed by atoms with Crippen LogP contribution in [-0.2, 0) is 32.6 Å². The van der Waals surface area contributed by atoms with Crippen molar-refractivity contribution >= 4 is 50.7 Å². The summed E-state index contributed by atoms with van der Waals surface area (Å²) >= 11 is 12.4. The van der Waals surface area contributed by atoms with Gasteiger partial charge in [0.05, 0.1) is 24.1 Å². The molecule has 0 aromatic heterocycles. The van der Waals surface area contributed by atoms with Crippen molar-refractivity contribution in [3.63, 3.8) is 0 Å². The van der Waals surface area contributed by atoms with Crippen molar-refractivity contribution in [3.8, 4) is 5.75 Å². The van der Waals surface area contributed by atoms with Gasteiger partial charge in [-0.05, 0) is 41.5 Å². The van der Waals surface area contributed by atoms with Gasteiger partial charge < -0.3 is 15.0 Å². The number of nitrogens with zero attached hydrogens (tertiary/aromatic N) is 2. The zero-order valence-electron chi connectivity index (χ0n) is 21.2. The Morgan fingerprint density at radius 2 is 1.66 bits per heavy atom. The van der Waals surface area contributed by atoms with Gasteiger partial charge in [-0.3, -0.25) is 13.9 Å². The Bertz CT molecular complexity index is 1390. The van der Waals surface area contributed by atoms with Gasteiger partial charge in [-0.25, -0.2) is 8.42 Å². The summed E-state index contributed by atoms with van der Waals surface area (Å²) in [6, 6.07) is 19.8. The molecule has 0 unspecified atom stereocenters. The molecule has 11 heteroatoms. The molecule has 8 nitrogen and oxygen atoms in total. The van der Waals surface area contributed by atoms with Crippen molar-refractivity contribution in [2.45, 2.75) is 19.0 Å². The molecule has 0 radical (unpaired) electrons. The van der Waals surface area contributed by atoms with E-state index in [0.717, 1.165) is 16.1 Å². The van der Waals surface area contributed by atoms with Crippen LogP contribution in [-0.4, -0.2) is 58.1 Å². The number of methoxy groups -OCH3 is 1. The maximum absolute atomic E-state index is 13.9. The molecule has 38 heavy (non-hydrogen) atoms. The highest BCUT2D eigenvalue weighted by atomic mass is 35.5. The van der Waals surface area contributed by atoms with Crippen LogP contribution in [0.5, 0.6) is 5.75 Å². The number of sulfonamides is 1. The smallest absolute Gasteiger partial charge is 0.244 e. The van der Waals surface area contributed by atoms with E-state index < -0.39 is 34.4 Å². The summed E-state index contributed by atoms with van der Waals surface area (Å²) in [6.07, 6.45) is 1.19. The third-order valence-corrected chi connectivity index (χ3v) is 7.54. The van der Waals surface area contributed by atoms with Crippen molar-refractivity contribution in [1.82, 2.24) is 10.2 Å². The van der Waals surface area contributed by atoms with Crippen molar-refractivity contribution in [2.24, 2.45) is 0 Å². The highest BCUT2D eigenvalue weighted by Crippen LogP contribution is 2.31. The van der Waals surface area contributed by atoms with E-state index in [1.807, 2.05) is 30.3 Å². The molecule has 1 atom stereocenters. The standard InChI is InChI=1S/C27H29Cl2N3O5S/c1-30-27(34)25(15-19-8-5-4-6-9-19)31(17-20-10-7-11-22(14-20)37-2)26(33)18-32(38(3,35)36)24-16-21(28)12-13-23(24)29/h4-14,16,25H,15,17-18H2,1-3H3,(H,30,34)/t25-/m1/s1. The average molecular weight is 579 g/mol. The molecule has 3 aromatic rings. The summed E-state index contributed by atoms with van der Waals surface area (Å²) in [4.78, 5) is 28.4. The SMILES string of the molecule is CNC(=O)[C@@H](Cc1ccccc1)N(Cc1cccc(OC)c1)C(=O)CN(c1cc(Cl)ccc1Cl)S(C)(=O)=O. The number of rotatable bonds is 11. The summed E-state index contributed by atoms with van der Waals surface area (Å²) in [5.41, 5.74) is 1.60. The fourth-order valence-electron chi connectivity index (χ4n) is 3.96. The minimum absolute atomic E-state index is 0.0296. The average Bonchev–Trinajstić information content (AvgIpc) is 2.90. The first-order chi connectivity index (χ1) is 18.0. The second-order valence-corrected chi connectivity index (χ2v) is 11.3. The van der Waals surface area contributed by atoms with Crippen LogP contribution in [0.4, 0.5) is 5.69 Å². The number of anilines is 1. The van der Waals surface area contributed by atoms with E-state index in [4.69, 9.17) is 27.9 Å². The first kappa shape index (κ1) is 29.3. The first-order valence-corrected chi connectivity index (χ1v) is 14.2. The van der Waals surface area contributed by atoms with Crippen LogP contribution in [0.1, 0.15) is 11.1 Å². The summed E-state index contributed by atoms with van der Waals surface area (Å²) in [5.74, 6) is -0.409. The molecular weight excluding hydrogens is 549 g/mol. The number of amides is 2. The number of carbonyl (C=O) groups is 2. The maximum Gasteiger partial charge on any atom is 0.244 e. The Morgan fingerprint density at radius 3 is 2.29 bits per heavy atom. The maximum atomic E-state index is 13.9. The minimum Gasteiger partial charge on any atom is -0.497 e. The molecule has 0 saturated heterocycles. The molecule has 3 rings (SSSR count). The molecule has 0 spiro atoms. The third-order valence-electron chi connectivity index (χ3n) is 5.86. The quantitative estimate of drug-likeness (QED) is 0.369. The number of hydrogen-bond acceptors (Lipinski definition) is 5. The van der Waals surface area contributed by atoms with E-state index in [1.165, 1.54) is 37.3 Å². The lowest BCUT2D eigenvalue weighted by molar-refractivity contribution is -0.139. The van der Waals surface area contributed by atoms with Gasteiger partial charge in [-0.2, -0.15) is 0 Å². The highest BCUT2D eigenvalue weighted by molar-refractivity contribution is 7.92. The van der Waals surface area contributed by atoms with E-state index in [9.17, 15) is 18.0 Å². The van der Waals surface area contributed by atoms with E-state index in [0.29, 0.717) is 11.3 Å². The summed E-state index contributed by atoms with van der Waals surface area (Å²) in [6.45, 7) is -0.563. The van der Waals surface area contributed by atoms with Crippen molar-refractivity contribution < 1.29 is 22.7 Å². The topological polar surface area (TPSA) is 96.0 Å². The molecule has 0 aliphatic carbocycles. The van der Waals surface area contributed by atoms with Gasteiger partial charge in [0, 0.05) is 25.0 Å². The van der Waals surface area contributed by atoms with E-state index in [2.05, 4.69) is 5.32 Å². The Balaban J connectivity index is 2.06. The Kier molecular flexibility index (Phi) is 10.0. The molecule has 0 heterocycles. The van der Waals surface area contributed by atoms with Gasteiger partial charge in [0.15, 0.2) is 0 Å². The molecule has 0 bridgehead atoms. The molecule has 0 aliphatic rings. The van der Waals surface area contributed by atoms with Crippen molar-refractivity contribution in [1.29, 1.82) is 0 Å². The largest absolute Gasteiger partial charge is 0.497 e. The normalized spacial score (nSPS) is 11.9. The number of hydrogen-bond donors (Lipinski definition) is 1. The lowest BCUT2D eigenvalue weighted by atomic mass is 10.0. The van der Waals surface area contributed by atoms with Crippen LogP contribution in [0, 0.1) is 0 Å².